The molecular weight excluding hydrogens is 393 g/mol. The summed E-state index contributed by atoms with van der Waals surface area (Å²) in [7, 11) is 0. The minimum absolute atomic E-state index is 0.0922. The molecule has 0 saturated heterocycles. The third-order valence-corrected chi connectivity index (χ3v) is 5.88. The topological polar surface area (TPSA) is 40.5 Å². The highest BCUT2D eigenvalue weighted by atomic mass is 35.5. The van der Waals surface area contributed by atoms with E-state index in [1.807, 2.05) is 0 Å². The fourth-order valence-corrected chi connectivity index (χ4v) is 4.56. The monoisotopic (exact) mass is 417 g/mol. The first-order valence-electron chi connectivity index (χ1n) is 9.04. The van der Waals surface area contributed by atoms with Crippen LogP contribution in [0.5, 0.6) is 0 Å². The first-order chi connectivity index (χ1) is 12.3. The lowest BCUT2D eigenvalue weighted by Gasteiger charge is -2.30. The summed E-state index contributed by atoms with van der Waals surface area (Å²) in [5.74, 6) is -0.0875. The molecule has 1 aromatic carbocycles. The second-order valence-corrected chi connectivity index (χ2v) is 8.33. The summed E-state index contributed by atoms with van der Waals surface area (Å²) in [5.41, 5.74) is 0.639. The zero-order valence-electron chi connectivity index (χ0n) is 15.2. The number of rotatable bonds is 7. The molecule has 4 atom stereocenters. The van der Waals surface area contributed by atoms with Crippen LogP contribution in [-0.2, 0) is 4.79 Å². The Morgan fingerprint density at radius 1 is 1.23 bits per heavy atom. The number of anilines is 1. The second-order valence-electron chi connectivity index (χ2n) is 6.90. The number of hydrogen-bond donors (Lipinski definition) is 1. The molecule has 1 aliphatic rings. The van der Waals surface area contributed by atoms with Crippen molar-refractivity contribution in [3.05, 3.63) is 40.4 Å². The number of benzene rings is 1. The van der Waals surface area contributed by atoms with E-state index < -0.39 is 6.10 Å². The van der Waals surface area contributed by atoms with Crippen LogP contribution in [0, 0.1) is 11.8 Å². The highest BCUT2D eigenvalue weighted by Gasteiger charge is 2.42. The Balaban J connectivity index is 2.20. The standard InChI is InChI=1S/C20H26Cl3NO2/c1-3-4-5-6-7-17-18(20(26)11-19(17)23)12-24(13(2)25)16-9-14(21)8-15(22)10-16/h5-6,8-10,17-20,26H,3-4,7,11-12H2,1-2H3/b6-5-/t17-,18-,19-,20-/m1/s1. The van der Waals surface area contributed by atoms with E-state index in [4.69, 9.17) is 34.8 Å². The van der Waals surface area contributed by atoms with E-state index in [0.29, 0.717) is 28.7 Å². The quantitative estimate of drug-likeness (QED) is 0.456. The predicted octanol–water partition coefficient (Wildman–Crippen LogP) is 5.70. The van der Waals surface area contributed by atoms with Gasteiger partial charge in [-0.2, -0.15) is 0 Å². The number of aliphatic hydroxyl groups excluding tert-OH is 1. The summed E-state index contributed by atoms with van der Waals surface area (Å²) < 4.78 is 0. The molecule has 1 fully saturated rings. The molecule has 3 nitrogen and oxygen atoms in total. The normalized spacial score (nSPS) is 25.8. The molecule has 144 valence electrons. The fraction of sp³-hybridized carbons (Fsp3) is 0.550. The Hall–Kier alpha value is -0.740. The first-order valence-corrected chi connectivity index (χ1v) is 10.2. The Morgan fingerprint density at radius 2 is 1.88 bits per heavy atom. The summed E-state index contributed by atoms with van der Waals surface area (Å²) in [4.78, 5) is 13.9. The van der Waals surface area contributed by atoms with Gasteiger partial charge in [0.25, 0.3) is 0 Å². The average molecular weight is 419 g/mol. The highest BCUT2D eigenvalue weighted by molar-refractivity contribution is 6.35. The van der Waals surface area contributed by atoms with Crippen LogP contribution >= 0.6 is 34.8 Å². The largest absolute Gasteiger partial charge is 0.393 e. The number of unbranched alkanes of at least 4 members (excludes halogenated alkanes) is 1. The number of carbonyl (C=O) groups excluding carboxylic acids is 1. The number of alkyl halides is 1. The maximum absolute atomic E-state index is 12.3. The molecule has 2 rings (SSSR count). The number of aliphatic hydroxyl groups is 1. The Morgan fingerprint density at radius 3 is 2.46 bits per heavy atom. The lowest BCUT2D eigenvalue weighted by Crippen LogP contribution is -2.38. The lowest BCUT2D eigenvalue weighted by molar-refractivity contribution is -0.116. The van der Waals surface area contributed by atoms with Crippen molar-refractivity contribution in [1.82, 2.24) is 0 Å². The summed E-state index contributed by atoms with van der Waals surface area (Å²) in [5, 5.41) is 11.4. The molecule has 26 heavy (non-hydrogen) atoms. The Bertz CT molecular complexity index is 630. The molecule has 0 spiro atoms. The molecule has 0 radical (unpaired) electrons. The molecule has 1 N–H and O–H groups in total. The van der Waals surface area contributed by atoms with Crippen LogP contribution in [0.3, 0.4) is 0 Å². The number of allylic oxidation sites excluding steroid dienone is 2. The molecular formula is C20H26Cl3NO2. The van der Waals surface area contributed by atoms with E-state index in [-0.39, 0.29) is 23.1 Å². The molecule has 0 heterocycles. The SMILES string of the molecule is CCC/C=C\C[C@@H]1[C@@H](CN(C(C)=O)c2cc(Cl)cc(Cl)c2)[C@H](O)C[C@H]1Cl. The van der Waals surface area contributed by atoms with Crippen LogP contribution in [0.1, 0.15) is 39.5 Å². The van der Waals surface area contributed by atoms with Crippen LogP contribution in [0.15, 0.2) is 30.4 Å². The Kier molecular flexibility index (Phi) is 8.28. The third-order valence-electron chi connectivity index (χ3n) is 4.94. The highest BCUT2D eigenvalue weighted by Crippen LogP contribution is 2.40. The van der Waals surface area contributed by atoms with Crippen LogP contribution in [0.2, 0.25) is 10.0 Å². The van der Waals surface area contributed by atoms with Crippen molar-refractivity contribution in [2.75, 3.05) is 11.4 Å². The zero-order valence-corrected chi connectivity index (χ0v) is 17.4. The maximum atomic E-state index is 12.3. The predicted molar refractivity (Wildman–Crippen MR) is 110 cm³/mol. The van der Waals surface area contributed by atoms with E-state index in [2.05, 4.69) is 19.1 Å². The van der Waals surface area contributed by atoms with Gasteiger partial charge in [0.1, 0.15) is 0 Å². The van der Waals surface area contributed by atoms with Gasteiger partial charge in [-0.15, -0.1) is 11.6 Å². The van der Waals surface area contributed by atoms with Gasteiger partial charge >= 0.3 is 0 Å². The van der Waals surface area contributed by atoms with Gasteiger partial charge in [0.15, 0.2) is 0 Å². The summed E-state index contributed by atoms with van der Waals surface area (Å²) in [6, 6.07) is 5.06. The molecule has 0 bridgehead atoms. The number of nitrogens with zero attached hydrogens (tertiary/aromatic N) is 1. The first kappa shape index (κ1) is 21.6. The summed E-state index contributed by atoms with van der Waals surface area (Å²) in [6.07, 6.45) is 7.25. The Labute approximate surface area is 170 Å². The van der Waals surface area contributed by atoms with Gasteiger partial charge in [0, 0.05) is 40.5 Å². The summed E-state index contributed by atoms with van der Waals surface area (Å²) in [6.45, 7) is 4.03. The molecule has 1 saturated carbocycles. The van der Waals surface area contributed by atoms with E-state index in [0.717, 1.165) is 19.3 Å². The van der Waals surface area contributed by atoms with Crippen molar-refractivity contribution >= 4 is 46.4 Å². The van der Waals surface area contributed by atoms with Crippen LogP contribution in [0.4, 0.5) is 5.69 Å². The van der Waals surface area contributed by atoms with Crippen molar-refractivity contribution < 1.29 is 9.90 Å². The average Bonchev–Trinajstić information content (AvgIpc) is 2.81. The van der Waals surface area contributed by atoms with Crippen LogP contribution in [0.25, 0.3) is 0 Å². The zero-order chi connectivity index (χ0) is 19.3. The number of halogens is 3. The van der Waals surface area contributed by atoms with Crippen molar-refractivity contribution in [2.24, 2.45) is 11.8 Å². The van der Waals surface area contributed by atoms with Crippen molar-refractivity contribution in [2.45, 2.75) is 51.0 Å². The second kappa shape index (κ2) is 9.98. The van der Waals surface area contributed by atoms with Crippen LogP contribution < -0.4 is 4.90 Å². The smallest absolute Gasteiger partial charge is 0.223 e. The van der Waals surface area contributed by atoms with Gasteiger partial charge < -0.3 is 10.0 Å². The molecule has 1 amide bonds. The molecule has 1 aromatic rings. The van der Waals surface area contributed by atoms with Crippen molar-refractivity contribution in [1.29, 1.82) is 0 Å². The number of carbonyl (C=O) groups is 1. The van der Waals surface area contributed by atoms with Gasteiger partial charge in [-0.05, 0) is 43.4 Å². The van der Waals surface area contributed by atoms with Gasteiger partial charge in [-0.1, -0.05) is 48.7 Å². The molecule has 0 unspecified atom stereocenters. The fourth-order valence-electron chi connectivity index (χ4n) is 3.57. The van der Waals surface area contributed by atoms with E-state index in [9.17, 15) is 9.90 Å². The maximum Gasteiger partial charge on any atom is 0.223 e. The lowest BCUT2D eigenvalue weighted by atomic mass is 9.90. The van der Waals surface area contributed by atoms with Gasteiger partial charge in [-0.3, -0.25) is 4.79 Å². The van der Waals surface area contributed by atoms with Gasteiger partial charge in [0.2, 0.25) is 5.91 Å². The van der Waals surface area contributed by atoms with Gasteiger partial charge in [-0.25, -0.2) is 0 Å². The van der Waals surface area contributed by atoms with E-state index in [1.54, 1.807) is 23.1 Å². The van der Waals surface area contributed by atoms with Crippen LogP contribution in [-0.4, -0.2) is 29.0 Å². The summed E-state index contributed by atoms with van der Waals surface area (Å²) >= 11 is 18.7. The minimum Gasteiger partial charge on any atom is -0.393 e. The molecule has 0 aliphatic heterocycles. The minimum atomic E-state index is -0.529. The number of amides is 1. The molecule has 1 aliphatic carbocycles. The van der Waals surface area contributed by atoms with Gasteiger partial charge in [0.05, 0.1) is 6.10 Å². The molecule has 0 aromatic heterocycles. The molecule has 6 heteroatoms. The third kappa shape index (κ3) is 5.63. The van der Waals surface area contributed by atoms with E-state index in [1.165, 1.54) is 6.92 Å². The van der Waals surface area contributed by atoms with E-state index >= 15 is 0 Å². The van der Waals surface area contributed by atoms with Crippen molar-refractivity contribution in [3.8, 4) is 0 Å². The van der Waals surface area contributed by atoms with Crippen molar-refractivity contribution in [3.63, 3.8) is 0 Å². The number of hydrogen-bond acceptors (Lipinski definition) is 2.